The highest BCUT2D eigenvalue weighted by Gasteiger charge is 2.22. The van der Waals surface area contributed by atoms with Gasteiger partial charge in [-0.3, -0.25) is 4.68 Å². The van der Waals surface area contributed by atoms with E-state index in [1.165, 1.54) is 0 Å². The van der Waals surface area contributed by atoms with E-state index in [9.17, 15) is 0 Å². The Morgan fingerprint density at radius 2 is 2.19 bits per heavy atom. The van der Waals surface area contributed by atoms with Crippen molar-refractivity contribution in [3.8, 4) is 0 Å². The summed E-state index contributed by atoms with van der Waals surface area (Å²) >= 11 is 5.77. The maximum Gasteiger partial charge on any atom is 0.151 e. The van der Waals surface area contributed by atoms with Gasteiger partial charge in [-0.05, 0) is 30.9 Å². The van der Waals surface area contributed by atoms with Gasteiger partial charge >= 0.3 is 0 Å². The van der Waals surface area contributed by atoms with Gasteiger partial charge in [-0.25, -0.2) is 0 Å². The van der Waals surface area contributed by atoms with E-state index in [-0.39, 0.29) is 6.61 Å². The number of nitrogens with zero attached hydrogens (tertiary/aromatic N) is 6. The minimum Gasteiger partial charge on any atom is -0.390 e. The smallest absolute Gasteiger partial charge is 0.151 e. The Balaban J connectivity index is 1.63. The number of aliphatic hydroxyl groups excluding tert-OH is 1. The van der Waals surface area contributed by atoms with Crippen LogP contribution in [0.4, 0.5) is 5.82 Å². The van der Waals surface area contributed by atoms with Gasteiger partial charge in [0.1, 0.15) is 5.69 Å². The van der Waals surface area contributed by atoms with Gasteiger partial charge in [0, 0.05) is 19.6 Å². The van der Waals surface area contributed by atoms with Crippen LogP contribution in [0.25, 0.3) is 0 Å². The van der Waals surface area contributed by atoms with E-state index in [2.05, 4.69) is 25.4 Å². The number of hydrogen-bond acceptors (Lipinski definition) is 6. The molecule has 7 nitrogen and oxygen atoms in total. The highest BCUT2D eigenvalue weighted by Crippen LogP contribution is 2.22. The lowest BCUT2D eigenvalue weighted by Crippen LogP contribution is -2.37. The molecule has 2 aromatic heterocycles. The van der Waals surface area contributed by atoms with Crippen molar-refractivity contribution in [1.29, 1.82) is 0 Å². The van der Waals surface area contributed by atoms with Crippen LogP contribution in [-0.2, 0) is 13.2 Å². The fourth-order valence-corrected chi connectivity index (χ4v) is 2.77. The van der Waals surface area contributed by atoms with E-state index in [0.29, 0.717) is 16.8 Å². The molecule has 0 unspecified atom stereocenters. The molecule has 0 saturated carbocycles. The number of anilines is 1. The number of aromatic nitrogens is 5. The second kappa shape index (κ2) is 6.36. The molecule has 1 saturated heterocycles. The Kier molecular flexibility index (Phi) is 4.31. The minimum atomic E-state index is -0.0723. The van der Waals surface area contributed by atoms with Crippen LogP contribution in [0.15, 0.2) is 18.3 Å². The molecule has 1 atom stereocenters. The Labute approximate surface area is 127 Å². The maximum atomic E-state index is 9.02. The molecular formula is C13H17ClN6O. The van der Waals surface area contributed by atoms with Crippen molar-refractivity contribution >= 4 is 17.4 Å². The average molecular weight is 309 g/mol. The van der Waals surface area contributed by atoms with E-state index in [1.54, 1.807) is 16.9 Å². The van der Waals surface area contributed by atoms with Gasteiger partial charge in [0.25, 0.3) is 0 Å². The molecule has 0 spiro atoms. The van der Waals surface area contributed by atoms with Crippen molar-refractivity contribution in [2.24, 2.45) is 5.92 Å². The van der Waals surface area contributed by atoms with Gasteiger partial charge in [-0.2, -0.15) is 0 Å². The minimum absolute atomic E-state index is 0.0723. The summed E-state index contributed by atoms with van der Waals surface area (Å²) in [7, 11) is 0. The number of piperidine rings is 1. The lowest BCUT2D eigenvalue weighted by atomic mass is 9.98. The van der Waals surface area contributed by atoms with Crippen molar-refractivity contribution in [3.63, 3.8) is 0 Å². The Morgan fingerprint density at radius 1 is 1.29 bits per heavy atom. The van der Waals surface area contributed by atoms with Crippen LogP contribution in [0, 0.1) is 5.92 Å². The molecule has 0 aromatic carbocycles. The molecule has 1 aliphatic rings. The van der Waals surface area contributed by atoms with Crippen LogP contribution in [-0.4, -0.2) is 43.4 Å². The first kappa shape index (κ1) is 14.2. The summed E-state index contributed by atoms with van der Waals surface area (Å²) in [5.41, 5.74) is 0.603. The molecule has 1 N–H and O–H groups in total. The first-order valence-corrected chi connectivity index (χ1v) is 7.36. The molecule has 1 aliphatic heterocycles. The summed E-state index contributed by atoms with van der Waals surface area (Å²) in [6, 6.07) is 3.66. The van der Waals surface area contributed by atoms with Gasteiger partial charge < -0.3 is 10.0 Å². The number of rotatable bonds is 4. The maximum absolute atomic E-state index is 9.02. The fourth-order valence-electron chi connectivity index (χ4n) is 2.66. The predicted molar refractivity (Wildman–Crippen MR) is 77.9 cm³/mol. The Morgan fingerprint density at radius 3 is 2.90 bits per heavy atom. The second-order valence-corrected chi connectivity index (χ2v) is 5.65. The molecule has 3 heterocycles. The van der Waals surface area contributed by atoms with Crippen LogP contribution >= 0.6 is 11.6 Å². The van der Waals surface area contributed by atoms with E-state index in [4.69, 9.17) is 16.7 Å². The van der Waals surface area contributed by atoms with E-state index >= 15 is 0 Å². The SMILES string of the molecule is OCc1cn(C[C@H]2CCCN(c3ccc(Cl)nn3)C2)nn1. The molecule has 8 heteroatoms. The summed E-state index contributed by atoms with van der Waals surface area (Å²) in [5.74, 6) is 1.34. The zero-order valence-electron chi connectivity index (χ0n) is 11.6. The topological polar surface area (TPSA) is 80.0 Å². The molecule has 3 rings (SSSR count). The third-order valence-corrected chi connectivity index (χ3v) is 3.86. The second-order valence-electron chi connectivity index (χ2n) is 5.26. The van der Waals surface area contributed by atoms with Gasteiger partial charge in [0.05, 0.1) is 12.8 Å². The van der Waals surface area contributed by atoms with Crippen LogP contribution in [0.2, 0.25) is 5.15 Å². The van der Waals surface area contributed by atoms with Crippen molar-refractivity contribution in [1.82, 2.24) is 25.2 Å². The molecular weight excluding hydrogens is 292 g/mol. The third-order valence-electron chi connectivity index (χ3n) is 3.65. The molecule has 1 fully saturated rings. The van der Waals surface area contributed by atoms with Gasteiger partial charge in [0.2, 0.25) is 0 Å². The first-order chi connectivity index (χ1) is 10.2. The molecule has 0 amide bonds. The summed E-state index contributed by atoms with van der Waals surface area (Å²) in [6.45, 7) is 2.61. The first-order valence-electron chi connectivity index (χ1n) is 6.98. The van der Waals surface area contributed by atoms with E-state index in [1.807, 2.05) is 6.07 Å². The zero-order chi connectivity index (χ0) is 14.7. The molecule has 0 bridgehead atoms. The largest absolute Gasteiger partial charge is 0.390 e. The van der Waals surface area contributed by atoms with E-state index in [0.717, 1.165) is 38.3 Å². The van der Waals surface area contributed by atoms with Crippen LogP contribution in [0.1, 0.15) is 18.5 Å². The van der Waals surface area contributed by atoms with E-state index < -0.39 is 0 Å². The molecule has 112 valence electrons. The van der Waals surface area contributed by atoms with Crippen LogP contribution in [0.5, 0.6) is 0 Å². The van der Waals surface area contributed by atoms with Gasteiger partial charge in [-0.15, -0.1) is 15.3 Å². The summed E-state index contributed by atoms with van der Waals surface area (Å²) < 4.78 is 1.80. The standard InChI is InChI=1S/C13H17ClN6O/c14-12-3-4-13(17-16-12)19-5-1-2-10(6-19)7-20-8-11(9-21)15-18-20/h3-4,8,10,21H,1-2,5-7,9H2/t10-/m0/s1. The lowest BCUT2D eigenvalue weighted by Gasteiger charge is -2.33. The number of aliphatic hydroxyl groups is 1. The lowest BCUT2D eigenvalue weighted by molar-refractivity contribution is 0.276. The van der Waals surface area contributed by atoms with Crippen molar-refractivity contribution < 1.29 is 5.11 Å². The zero-order valence-corrected chi connectivity index (χ0v) is 12.3. The van der Waals surface area contributed by atoms with Crippen molar-refractivity contribution in [2.45, 2.75) is 26.0 Å². The highest BCUT2D eigenvalue weighted by molar-refractivity contribution is 6.29. The Hall–Kier alpha value is -1.73. The number of hydrogen-bond donors (Lipinski definition) is 1. The van der Waals surface area contributed by atoms with Crippen LogP contribution in [0.3, 0.4) is 0 Å². The molecule has 2 aromatic rings. The van der Waals surface area contributed by atoms with Gasteiger partial charge in [-0.1, -0.05) is 16.8 Å². The van der Waals surface area contributed by atoms with Crippen molar-refractivity contribution in [3.05, 3.63) is 29.2 Å². The number of halogens is 1. The molecule has 21 heavy (non-hydrogen) atoms. The average Bonchev–Trinajstić information content (AvgIpc) is 2.96. The summed E-state index contributed by atoms with van der Waals surface area (Å²) in [6.07, 6.45) is 4.05. The predicted octanol–water partition coefficient (Wildman–Crippen LogP) is 1.13. The summed E-state index contributed by atoms with van der Waals surface area (Å²) in [5, 5.41) is 25.4. The highest BCUT2D eigenvalue weighted by atomic mass is 35.5. The van der Waals surface area contributed by atoms with Crippen LogP contribution < -0.4 is 4.90 Å². The third kappa shape index (κ3) is 3.48. The molecule has 0 aliphatic carbocycles. The monoisotopic (exact) mass is 308 g/mol. The fraction of sp³-hybridized carbons (Fsp3) is 0.538. The quantitative estimate of drug-likeness (QED) is 0.912. The summed E-state index contributed by atoms with van der Waals surface area (Å²) in [4.78, 5) is 2.22. The normalized spacial score (nSPS) is 19.0. The molecule has 0 radical (unpaired) electrons. The Bertz CT molecular complexity index is 587. The van der Waals surface area contributed by atoms with Crippen molar-refractivity contribution in [2.75, 3.05) is 18.0 Å². The van der Waals surface area contributed by atoms with Gasteiger partial charge in [0.15, 0.2) is 11.0 Å².